The molecule has 0 unspecified atom stereocenters. The first-order valence-corrected chi connectivity index (χ1v) is 11.7. The summed E-state index contributed by atoms with van der Waals surface area (Å²) in [5.41, 5.74) is 6.62. The maximum Gasteiger partial charge on any atom is 0.265 e. The Hall–Kier alpha value is -3.35. The number of benzene rings is 2. The van der Waals surface area contributed by atoms with Crippen LogP contribution in [0.2, 0.25) is 0 Å². The van der Waals surface area contributed by atoms with Gasteiger partial charge in [-0.1, -0.05) is 30.3 Å². The number of hydrogen-bond donors (Lipinski definition) is 1. The summed E-state index contributed by atoms with van der Waals surface area (Å²) in [7, 11) is 0. The molecular weight excluding hydrogens is 424 g/mol. The molecule has 0 aliphatic carbocycles. The normalized spacial score (nSPS) is 12.3. The first kappa shape index (κ1) is 19.6. The van der Waals surface area contributed by atoms with Gasteiger partial charge in [-0.3, -0.25) is 14.6 Å². The Labute approximate surface area is 187 Å². The molecule has 31 heavy (non-hydrogen) atoms. The number of hydrogen-bond acceptors (Lipinski definition) is 5. The van der Waals surface area contributed by atoms with Gasteiger partial charge < -0.3 is 5.32 Å². The van der Waals surface area contributed by atoms with E-state index < -0.39 is 0 Å². The van der Waals surface area contributed by atoms with Gasteiger partial charge in [-0.2, -0.15) is 11.3 Å². The van der Waals surface area contributed by atoms with Crippen molar-refractivity contribution in [2.24, 2.45) is 4.99 Å². The Morgan fingerprint density at radius 2 is 1.87 bits per heavy atom. The van der Waals surface area contributed by atoms with Crippen LogP contribution in [0.25, 0.3) is 0 Å². The second kappa shape index (κ2) is 8.41. The number of carbonyl (C=O) groups excluding carboxylic acids is 2. The maximum atomic E-state index is 12.4. The zero-order chi connectivity index (χ0) is 21.2. The molecule has 4 nitrogen and oxygen atoms in total. The van der Waals surface area contributed by atoms with Crippen LogP contribution >= 0.6 is 22.7 Å². The molecule has 1 N–H and O–H groups in total. The molecule has 2 aromatic heterocycles. The number of anilines is 1. The van der Waals surface area contributed by atoms with E-state index in [1.165, 1.54) is 22.7 Å². The fourth-order valence-corrected chi connectivity index (χ4v) is 4.84. The van der Waals surface area contributed by atoms with Crippen molar-refractivity contribution < 1.29 is 9.59 Å². The minimum atomic E-state index is -0.0992. The molecule has 0 bridgehead atoms. The zero-order valence-electron chi connectivity index (χ0n) is 16.5. The third-order valence-electron chi connectivity index (χ3n) is 5.19. The van der Waals surface area contributed by atoms with Crippen LogP contribution in [0.15, 0.2) is 81.8 Å². The van der Waals surface area contributed by atoms with Crippen LogP contribution in [-0.2, 0) is 12.8 Å². The minimum Gasteiger partial charge on any atom is -0.321 e. The SMILES string of the molecule is O=C(Cc1ccc2c(c1)N=C(c1ccc(NC(=O)c3cccs3)cc1)C2)c1ccsc1. The van der Waals surface area contributed by atoms with Gasteiger partial charge in [-0.25, -0.2) is 0 Å². The van der Waals surface area contributed by atoms with Crippen molar-refractivity contribution in [3.63, 3.8) is 0 Å². The lowest BCUT2D eigenvalue weighted by Gasteiger charge is -2.05. The molecule has 0 saturated carbocycles. The lowest BCUT2D eigenvalue weighted by Crippen LogP contribution is -2.10. The third-order valence-corrected chi connectivity index (χ3v) is 6.74. The lowest BCUT2D eigenvalue weighted by atomic mass is 10.0. The molecule has 5 rings (SSSR count). The van der Waals surface area contributed by atoms with Gasteiger partial charge in [-0.05, 0) is 57.8 Å². The smallest absolute Gasteiger partial charge is 0.265 e. The first-order chi connectivity index (χ1) is 15.2. The molecule has 6 heteroatoms. The number of amides is 1. The molecular formula is C25H18N2O2S2. The Morgan fingerprint density at radius 3 is 2.61 bits per heavy atom. The number of thiophene rings is 2. The van der Waals surface area contributed by atoms with Gasteiger partial charge in [0.2, 0.25) is 0 Å². The molecule has 1 amide bonds. The number of carbonyl (C=O) groups is 2. The number of aliphatic imine (C=N–C) groups is 1. The van der Waals surface area contributed by atoms with Crippen LogP contribution < -0.4 is 5.32 Å². The van der Waals surface area contributed by atoms with Gasteiger partial charge in [0.05, 0.1) is 16.3 Å². The number of fused-ring (bicyclic) bond motifs is 1. The molecule has 2 aromatic carbocycles. The van der Waals surface area contributed by atoms with Crippen LogP contribution in [-0.4, -0.2) is 17.4 Å². The Kier molecular flexibility index (Phi) is 5.32. The van der Waals surface area contributed by atoms with Crippen molar-refractivity contribution in [3.05, 3.63) is 104 Å². The molecule has 0 atom stereocenters. The number of Topliss-reactive ketones (excluding diaryl/α,β-unsaturated/α-hetero) is 1. The lowest BCUT2D eigenvalue weighted by molar-refractivity contribution is 0.0991. The number of rotatable bonds is 6. The summed E-state index contributed by atoms with van der Waals surface area (Å²) in [6.45, 7) is 0. The van der Waals surface area contributed by atoms with Crippen molar-refractivity contribution >= 4 is 51.5 Å². The van der Waals surface area contributed by atoms with E-state index in [9.17, 15) is 9.59 Å². The van der Waals surface area contributed by atoms with Gasteiger partial charge in [-0.15, -0.1) is 11.3 Å². The summed E-state index contributed by atoms with van der Waals surface area (Å²) < 4.78 is 0. The topological polar surface area (TPSA) is 58.5 Å². The van der Waals surface area contributed by atoms with E-state index in [-0.39, 0.29) is 11.7 Å². The maximum absolute atomic E-state index is 12.4. The van der Waals surface area contributed by atoms with Gasteiger partial charge in [0, 0.05) is 29.5 Å². The standard InChI is InChI=1S/C25H18N2O2S2/c28-23(19-9-11-30-15-19)13-16-3-4-18-14-22(27-21(18)12-16)17-5-7-20(8-6-17)26-25(29)24-2-1-10-31-24/h1-12,15H,13-14H2,(H,26,29). The van der Waals surface area contributed by atoms with E-state index in [1.54, 1.807) is 6.07 Å². The molecule has 152 valence electrons. The van der Waals surface area contributed by atoms with E-state index in [0.29, 0.717) is 11.3 Å². The fraction of sp³-hybridized carbons (Fsp3) is 0.0800. The molecule has 3 heterocycles. The Balaban J connectivity index is 1.29. The van der Waals surface area contributed by atoms with Crippen molar-refractivity contribution in [2.75, 3.05) is 5.32 Å². The van der Waals surface area contributed by atoms with Crippen LogP contribution in [0.5, 0.6) is 0 Å². The van der Waals surface area contributed by atoms with E-state index in [1.807, 2.05) is 64.7 Å². The van der Waals surface area contributed by atoms with Crippen molar-refractivity contribution in [1.82, 2.24) is 0 Å². The van der Waals surface area contributed by atoms with Crippen LogP contribution in [0.1, 0.15) is 36.7 Å². The molecule has 4 aromatic rings. The largest absolute Gasteiger partial charge is 0.321 e. The summed E-state index contributed by atoms with van der Waals surface area (Å²) in [5.74, 6) is 0.0291. The van der Waals surface area contributed by atoms with Gasteiger partial charge in [0.1, 0.15) is 0 Å². The van der Waals surface area contributed by atoms with Crippen molar-refractivity contribution in [1.29, 1.82) is 0 Å². The minimum absolute atomic E-state index is 0.0992. The number of nitrogens with zero attached hydrogens (tertiary/aromatic N) is 1. The second-order valence-corrected chi connectivity index (χ2v) is 9.05. The molecule has 0 fully saturated rings. The van der Waals surface area contributed by atoms with E-state index in [4.69, 9.17) is 4.99 Å². The number of nitrogens with one attached hydrogen (secondary N) is 1. The van der Waals surface area contributed by atoms with Crippen molar-refractivity contribution in [2.45, 2.75) is 12.8 Å². The Morgan fingerprint density at radius 1 is 1.00 bits per heavy atom. The average Bonchev–Trinajstić information content (AvgIpc) is 3.55. The first-order valence-electron chi connectivity index (χ1n) is 9.86. The molecule has 0 spiro atoms. The summed E-state index contributed by atoms with van der Waals surface area (Å²) in [5, 5.41) is 8.61. The Bertz CT molecular complexity index is 1270. The summed E-state index contributed by atoms with van der Waals surface area (Å²) >= 11 is 2.95. The van der Waals surface area contributed by atoms with Crippen molar-refractivity contribution in [3.8, 4) is 0 Å². The van der Waals surface area contributed by atoms with Gasteiger partial charge in [0.15, 0.2) is 5.78 Å². The fourth-order valence-electron chi connectivity index (χ4n) is 3.56. The van der Waals surface area contributed by atoms with Gasteiger partial charge in [0.25, 0.3) is 5.91 Å². The molecule has 0 saturated heterocycles. The summed E-state index contributed by atoms with van der Waals surface area (Å²) in [6, 6.07) is 19.4. The van der Waals surface area contributed by atoms with Crippen LogP contribution in [0.3, 0.4) is 0 Å². The zero-order valence-corrected chi connectivity index (χ0v) is 18.1. The highest BCUT2D eigenvalue weighted by atomic mass is 32.1. The van der Waals surface area contributed by atoms with E-state index >= 15 is 0 Å². The van der Waals surface area contributed by atoms with E-state index in [0.717, 1.165) is 45.8 Å². The van der Waals surface area contributed by atoms with Gasteiger partial charge >= 0.3 is 0 Å². The highest BCUT2D eigenvalue weighted by Crippen LogP contribution is 2.31. The molecule has 0 radical (unpaired) electrons. The highest BCUT2D eigenvalue weighted by molar-refractivity contribution is 7.12. The molecule has 1 aliphatic heterocycles. The molecule has 1 aliphatic rings. The summed E-state index contributed by atoms with van der Waals surface area (Å²) in [6.07, 6.45) is 1.14. The monoisotopic (exact) mass is 442 g/mol. The number of ketones is 1. The predicted molar refractivity (Wildman–Crippen MR) is 127 cm³/mol. The summed E-state index contributed by atoms with van der Waals surface area (Å²) in [4.78, 5) is 30.1. The quantitative estimate of drug-likeness (QED) is 0.363. The predicted octanol–water partition coefficient (Wildman–Crippen LogP) is 6.16. The second-order valence-electron chi connectivity index (χ2n) is 7.32. The third kappa shape index (κ3) is 4.26. The average molecular weight is 443 g/mol. The van der Waals surface area contributed by atoms with E-state index in [2.05, 4.69) is 11.4 Å². The van der Waals surface area contributed by atoms with Crippen LogP contribution in [0, 0.1) is 0 Å². The van der Waals surface area contributed by atoms with Crippen LogP contribution in [0.4, 0.5) is 11.4 Å². The highest BCUT2D eigenvalue weighted by Gasteiger charge is 2.18.